The second-order valence-corrected chi connectivity index (χ2v) is 4.62. The number of aliphatic hydroxyl groups excluding tert-OH is 1. The fraction of sp³-hybridized carbons (Fsp3) is 0.571. The zero-order chi connectivity index (χ0) is 12.8. The van der Waals surface area contributed by atoms with E-state index in [1.807, 2.05) is 18.2 Å². The van der Waals surface area contributed by atoms with Gasteiger partial charge in [0.25, 0.3) is 0 Å². The van der Waals surface area contributed by atoms with Gasteiger partial charge in [-0.3, -0.25) is 0 Å². The maximum absolute atomic E-state index is 9.53. The molecule has 1 rings (SSSR count). The number of ether oxygens (including phenoxy) is 2. The first-order chi connectivity index (χ1) is 8.04. The summed E-state index contributed by atoms with van der Waals surface area (Å²) in [4.78, 5) is 0. The second-order valence-electron chi connectivity index (χ2n) is 4.62. The van der Waals surface area contributed by atoms with Gasteiger partial charge in [-0.05, 0) is 37.0 Å². The molecule has 0 amide bonds. The van der Waals surface area contributed by atoms with Crippen molar-refractivity contribution in [1.29, 1.82) is 0 Å². The third kappa shape index (κ3) is 4.27. The maximum atomic E-state index is 9.53. The van der Waals surface area contributed by atoms with Gasteiger partial charge < -0.3 is 14.6 Å². The smallest absolute Gasteiger partial charge is 0.161 e. The summed E-state index contributed by atoms with van der Waals surface area (Å²) in [6.45, 7) is 6.72. The monoisotopic (exact) mass is 238 g/mol. The van der Waals surface area contributed by atoms with E-state index in [2.05, 4.69) is 13.8 Å². The van der Waals surface area contributed by atoms with Crippen LogP contribution >= 0.6 is 0 Å². The average molecular weight is 238 g/mol. The molecule has 1 aromatic carbocycles. The van der Waals surface area contributed by atoms with Crippen LogP contribution in [0.3, 0.4) is 0 Å². The molecule has 0 fully saturated rings. The van der Waals surface area contributed by atoms with E-state index in [1.165, 1.54) is 0 Å². The third-order valence-electron chi connectivity index (χ3n) is 2.62. The summed E-state index contributed by atoms with van der Waals surface area (Å²) in [6, 6.07) is 5.51. The molecule has 96 valence electrons. The molecule has 0 aliphatic rings. The van der Waals surface area contributed by atoms with Crippen LogP contribution in [0.1, 0.15) is 38.9 Å². The van der Waals surface area contributed by atoms with Crippen LogP contribution < -0.4 is 9.47 Å². The van der Waals surface area contributed by atoms with Crippen LogP contribution in [-0.4, -0.2) is 18.8 Å². The lowest BCUT2D eigenvalue weighted by Crippen LogP contribution is -2.03. The van der Waals surface area contributed by atoms with Crippen molar-refractivity contribution in [3.8, 4) is 11.5 Å². The number of benzene rings is 1. The zero-order valence-corrected chi connectivity index (χ0v) is 11.1. The van der Waals surface area contributed by atoms with Gasteiger partial charge in [0, 0.05) is 0 Å². The largest absolute Gasteiger partial charge is 0.493 e. The fourth-order valence-electron chi connectivity index (χ4n) is 1.47. The predicted octanol–water partition coefficient (Wildman–Crippen LogP) is 3.17. The number of hydrogen-bond acceptors (Lipinski definition) is 3. The normalized spacial score (nSPS) is 12.6. The van der Waals surface area contributed by atoms with E-state index in [0.717, 1.165) is 12.0 Å². The first-order valence-corrected chi connectivity index (χ1v) is 6.03. The topological polar surface area (TPSA) is 38.7 Å². The minimum atomic E-state index is -0.492. The summed E-state index contributed by atoms with van der Waals surface area (Å²) in [6.07, 6.45) is 0.510. The van der Waals surface area contributed by atoms with Crippen molar-refractivity contribution in [2.45, 2.75) is 33.3 Å². The summed E-state index contributed by atoms with van der Waals surface area (Å²) >= 11 is 0. The highest BCUT2D eigenvalue weighted by Gasteiger charge is 2.09. The van der Waals surface area contributed by atoms with Gasteiger partial charge in [0.2, 0.25) is 0 Å². The van der Waals surface area contributed by atoms with Crippen LogP contribution in [0, 0.1) is 5.92 Å². The minimum absolute atomic E-state index is 0.492. The lowest BCUT2D eigenvalue weighted by Gasteiger charge is -2.14. The molecule has 1 atom stereocenters. The molecule has 0 saturated heterocycles. The Bertz CT molecular complexity index is 345. The minimum Gasteiger partial charge on any atom is -0.493 e. The van der Waals surface area contributed by atoms with Crippen molar-refractivity contribution in [3.63, 3.8) is 0 Å². The molecule has 0 unspecified atom stereocenters. The van der Waals surface area contributed by atoms with Crippen LogP contribution in [0.2, 0.25) is 0 Å². The fourth-order valence-corrected chi connectivity index (χ4v) is 1.47. The summed E-state index contributed by atoms with van der Waals surface area (Å²) in [5.41, 5.74) is 0.838. The molecule has 0 heterocycles. The van der Waals surface area contributed by atoms with Crippen molar-refractivity contribution in [1.82, 2.24) is 0 Å². The lowest BCUT2D eigenvalue weighted by molar-refractivity contribution is 0.198. The molecule has 3 heteroatoms. The molecular formula is C14H22O3. The van der Waals surface area contributed by atoms with Crippen LogP contribution in [0.25, 0.3) is 0 Å². The van der Waals surface area contributed by atoms with Crippen molar-refractivity contribution < 1.29 is 14.6 Å². The highest BCUT2D eigenvalue weighted by atomic mass is 16.5. The van der Waals surface area contributed by atoms with E-state index in [4.69, 9.17) is 9.47 Å². The standard InChI is InChI=1S/C14H22O3/c1-10(2)7-8-17-14-9-12(11(3)15)5-6-13(14)16-4/h5-6,9-11,15H,7-8H2,1-4H3/t11-/m0/s1. The van der Waals surface area contributed by atoms with Crippen molar-refractivity contribution in [3.05, 3.63) is 23.8 Å². The van der Waals surface area contributed by atoms with Gasteiger partial charge in [0.1, 0.15) is 0 Å². The molecule has 1 aromatic rings. The van der Waals surface area contributed by atoms with Crippen molar-refractivity contribution in [2.75, 3.05) is 13.7 Å². The van der Waals surface area contributed by atoms with Gasteiger partial charge in [-0.15, -0.1) is 0 Å². The molecule has 0 aliphatic heterocycles. The Balaban J connectivity index is 2.75. The van der Waals surface area contributed by atoms with E-state index in [0.29, 0.717) is 24.0 Å². The third-order valence-corrected chi connectivity index (χ3v) is 2.62. The van der Waals surface area contributed by atoms with Gasteiger partial charge >= 0.3 is 0 Å². The maximum Gasteiger partial charge on any atom is 0.161 e. The van der Waals surface area contributed by atoms with Crippen LogP contribution in [0.15, 0.2) is 18.2 Å². The highest BCUT2D eigenvalue weighted by Crippen LogP contribution is 2.30. The van der Waals surface area contributed by atoms with Crippen LogP contribution in [0.4, 0.5) is 0 Å². The predicted molar refractivity (Wildman–Crippen MR) is 68.6 cm³/mol. The molecule has 0 saturated carbocycles. The van der Waals surface area contributed by atoms with Crippen molar-refractivity contribution in [2.24, 2.45) is 5.92 Å². The number of methoxy groups -OCH3 is 1. The molecule has 0 radical (unpaired) electrons. The van der Waals surface area contributed by atoms with Gasteiger partial charge in [-0.2, -0.15) is 0 Å². The van der Waals surface area contributed by atoms with E-state index in [-0.39, 0.29) is 0 Å². The average Bonchev–Trinajstić information content (AvgIpc) is 2.28. The number of hydrogen-bond donors (Lipinski definition) is 1. The summed E-state index contributed by atoms with van der Waals surface area (Å²) < 4.78 is 10.9. The quantitative estimate of drug-likeness (QED) is 0.827. The summed E-state index contributed by atoms with van der Waals surface area (Å²) in [5.74, 6) is 2.02. The van der Waals surface area contributed by atoms with Gasteiger partial charge in [0.05, 0.1) is 19.8 Å². The SMILES string of the molecule is COc1ccc([C@H](C)O)cc1OCCC(C)C. The van der Waals surface area contributed by atoms with Gasteiger partial charge in [0.15, 0.2) is 11.5 Å². The first-order valence-electron chi connectivity index (χ1n) is 6.03. The molecule has 0 aromatic heterocycles. The lowest BCUT2D eigenvalue weighted by atomic mass is 10.1. The van der Waals surface area contributed by atoms with E-state index < -0.39 is 6.10 Å². The molecule has 0 bridgehead atoms. The Morgan fingerprint density at radius 1 is 1.18 bits per heavy atom. The van der Waals surface area contributed by atoms with E-state index in [1.54, 1.807) is 14.0 Å². The Morgan fingerprint density at radius 2 is 1.88 bits per heavy atom. The van der Waals surface area contributed by atoms with Crippen LogP contribution in [-0.2, 0) is 0 Å². The molecular weight excluding hydrogens is 216 g/mol. The molecule has 0 aliphatic carbocycles. The molecule has 3 nitrogen and oxygen atoms in total. The summed E-state index contributed by atoms with van der Waals surface area (Å²) in [7, 11) is 1.62. The Morgan fingerprint density at radius 3 is 2.41 bits per heavy atom. The number of rotatable bonds is 6. The number of aliphatic hydroxyl groups is 1. The van der Waals surface area contributed by atoms with Crippen molar-refractivity contribution >= 4 is 0 Å². The molecule has 0 spiro atoms. The van der Waals surface area contributed by atoms with Gasteiger partial charge in [-0.1, -0.05) is 19.9 Å². The Kier molecular flexibility index (Phi) is 5.29. The summed E-state index contributed by atoms with van der Waals surface area (Å²) in [5, 5.41) is 9.53. The van der Waals surface area contributed by atoms with E-state index in [9.17, 15) is 5.11 Å². The van der Waals surface area contributed by atoms with Gasteiger partial charge in [-0.25, -0.2) is 0 Å². The first kappa shape index (κ1) is 13.8. The molecule has 1 N–H and O–H groups in total. The highest BCUT2D eigenvalue weighted by molar-refractivity contribution is 5.43. The molecule has 17 heavy (non-hydrogen) atoms. The zero-order valence-electron chi connectivity index (χ0n) is 11.1. The Labute approximate surface area is 103 Å². The second kappa shape index (κ2) is 6.50. The van der Waals surface area contributed by atoms with E-state index >= 15 is 0 Å². The van der Waals surface area contributed by atoms with Crippen LogP contribution in [0.5, 0.6) is 11.5 Å². The Hall–Kier alpha value is -1.22.